The minimum Gasteiger partial charge on any atom is -0.309 e. The number of fused-ring (bicyclic) bond motifs is 13. The number of nitrogens with one attached hydrogen (secondary N) is 1. The van der Waals surface area contributed by atoms with Gasteiger partial charge in [0.2, 0.25) is 0 Å². The molecule has 0 saturated heterocycles. The fourth-order valence-corrected chi connectivity index (χ4v) is 20.5. The number of allylic oxidation sites excluding steroid dienone is 4. The van der Waals surface area contributed by atoms with E-state index in [9.17, 15) is 5.41 Å². The molecule has 11 heteroatoms. The molecule has 0 amide bonds. The molecule has 5 heterocycles. The van der Waals surface area contributed by atoms with Crippen molar-refractivity contribution in [1.82, 2.24) is 13.7 Å². The van der Waals surface area contributed by atoms with Gasteiger partial charge in [-0.1, -0.05) is 242 Å². The predicted octanol–water partition coefficient (Wildman–Crippen LogP) is 29.9. The molecule has 1 aliphatic carbocycles. The number of benzene rings is 17. The Balaban J connectivity index is 0.593. The fraction of sp³-hybridized carbons (Fsp3) is 0. The molecule has 20 aromatic rings. The molecule has 119 heavy (non-hydrogen) atoms. The quantitative estimate of drug-likeness (QED) is 0.0890. The highest BCUT2D eigenvalue weighted by atomic mass is 32.2. The molecule has 3 aromatic heterocycles. The van der Waals surface area contributed by atoms with Crippen molar-refractivity contribution in [2.45, 2.75) is 19.6 Å². The van der Waals surface area contributed by atoms with Gasteiger partial charge in [-0.15, -0.1) is 0 Å². The van der Waals surface area contributed by atoms with Crippen LogP contribution >= 0.6 is 36.3 Å². The number of hydrogen-bond acceptors (Lipinski definition) is 8. The predicted molar refractivity (Wildman–Crippen MR) is 504 cm³/mol. The Morgan fingerprint density at radius 3 is 0.857 bits per heavy atom. The van der Waals surface area contributed by atoms with Crippen LogP contribution in [-0.4, -0.2) is 25.1 Å². The minimum absolute atomic E-state index is 0.265. The summed E-state index contributed by atoms with van der Waals surface area (Å²) in [5, 5.41) is 17.5. The third-order valence-electron chi connectivity index (χ3n) is 23.8. The van der Waals surface area contributed by atoms with Gasteiger partial charge in [0.15, 0.2) is 0 Å². The maximum absolute atomic E-state index is 10.2. The van der Waals surface area contributed by atoms with Crippen molar-refractivity contribution in [1.29, 1.82) is 5.41 Å². The van der Waals surface area contributed by atoms with Gasteiger partial charge in [-0.2, -0.15) is 0 Å². The molecule has 0 fully saturated rings. The highest BCUT2D eigenvalue weighted by Gasteiger charge is 2.32. The lowest BCUT2D eigenvalue weighted by Crippen LogP contribution is -2.30. The number of rotatable bonds is 13. The summed E-state index contributed by atoms with van der Waals surface area (Å²) in [6.45, 7) is 0. The van der Waals surface area contributed by atoms with E-state index in [2.05, 4.69) is 441 Å². The smallest absolute Gasteiger partial charge is 0.121 e. The SMILES string of the molecule is N=C1C(c2ccc(-n3c4ccc(-c5ccc(-c6ccc(-n7c8ccccc8c8ccccc87)cc6)cc5)cc4c4cc(-c5ccc(-c6ccc(-n7c8ccccc8c8ccccc87)cc6)cc5)ccc43)cc2)=CC=C(N(c2ccc(N3c4ccccc4Sc4ccccc43)cc2)c2ccc(N3c4ccccc4Sc4ccccc43)cc2)C1=NS. The Kier molecular flexibility index (Phi) is 16.8. The number of hydrogen-bond donors (Lipinski definition) is 2. The van der Waals surface area contributed by atoms with E-state index in [-0.39, 0.29) is 5.71 Å². The molecule has 0 radical (unpaired) electrons. The van der Waals surface area contributed by atoms with Gasteiger partial charge in [-0.05, 0) is 257 Å². The van der Waals surface area contributed by atoms with Crippen molar-refractivity contribution in [3.63, 3.8) is 0 Å². The average Bonchev–Trinajstić information content (AvgIpc) is 1.75. The maximum atomic E-state index is 10.2. The molecule has 560 valence electrons. The van der Waals surface area contributed by atoms with Crippen LogP contribution in [0.15, 0.2) is 442 Å². The number of anilines is 8. The second-order valence-corrected chi connectivity index (χ2v) is 32.8. The molecule has 0 bridgehead atoms. The van der Waals surface area contributed by atoms with Gasteiger partial charge >= 0.3 is 0 Å². The van der Waals surface area contributed by atoms with Crippen LogP contribution in [0.3, 0.4) is 0 Å². The lowest BCUT2D eigenvalue weighted by Gasteiger charge is -2.34. The summed E-state index contributed by atoms with van der Waals surface area (Å²) in [4.78, 5) is 11.7. The van der Waals surface area contributed by atoms with E-state index in [1.54, 1.807) is 23.5 Å². The normalized spacial score (nSPS) is 13.5. The molecule has 17 aromatic carbocycles. The van der Waals surface area contributed by atoms with Crippen molar-refractivity contribution < 1.29 is 0 Å². The molecule has 3 aliphatic rings. The summed E-state index contributed by atoms with van der Waals surface area (Å²) in [6, 6.07) is 145. The summed E-state index contributed by atoms with van der Waals surface area (Å²) < 4.78 is 11.8. The maximum Gasteiger partial charge on any atom is 0.121 e. The van der Waals surface area contributed by atoms with Crippen molar-refractivity contribution in [2.75, 3.05) is 14.7 Å². The second-order valence-electron chi connectivity index (χ2n) is 30.4. The Bertz CT molecular complexity index is 7010. The first-order valence-electron chi connectivity index (χ1n) is 40.0. The van der Waals surface area contributed by atoms with Gasteiger partial charge in [0.25, 0.3) is 0 Å². The van der Waals surface area contributed by atoms with E-state index >= 15 is 0 Å². The van der Waals surface area contributed by atoms with Crippen LogP contribution in [0.5, 0.6) is 0 Å². The Hall–Kier alpha value is -14.6. The number of thiol groups is 1. The summed E-state index contributed by atoms with van der Waals surface area (Å²) in [5.74, 6) is 0. The molecule has 0 unspecified atom stereocenters. The third-order valence-corrected chi connectivity index (χ3v) is 26.3. The van der Waals surface area contributed by atoms with Crippen molar-refractivity contribution in [3.05, 3.63) is 424 Å². The first kappa shape index (κ1) is 69.9. The molecule has 0 spiro atoms. The number of nitrogens with zero attached hydrogens (tertiary/aromatic N) is 7. The van der Waals surface area contributed by atoms with Gasteiger partial charge in [0.1, 0.15) is 5.71 Å². The van der Waals surface area contributed by atoms with Crippen molar-refractivity contribution >= 4 is 164 Å². The zero-order valence-electron chi connectivity index (χ0n) is 64.2. The second kappa shape index (κ2) is 28.7. The van der Waals surface area contributed by atoms with Gasteiger partial charge in [0, 0.05) is 97.3 Å². The molecule has 23 rings (SSSR count). The zero-order chi connectivity index (χ0) is 78.8. The average molecular weight is 1580 g/mol. The van der Waals surface area contributed by atoms with E-state index in [1.807, 2.05) is 0 Å². The van der Waals surface area contributed by atoms with E-state index in [0.717, 1.165) is 146 Å². The first-order valence-corrected chi connectivity index (χ1v) is 42.1. The minimum atomic E-state index is 0.265. The summed E-state index contributed by atoms with van der Waals surface area (Å²) in [5.41, 5.74) is 30.9. The standard InChI is InChI=1S/C108H70N8S3/c109-107-85(63-66-102(108(107)110-117)111(78-55-59-83(60-56-78)115-98-25-9-13-29-103(98)118-104-30-14-10-26-99(104)115)79-57-61-84(62-58-79)116-100-27-11-15-31-105(100)119-106-32-16-12-28-101(106)116)75-45-53-82(54-46-75)114-96-64-47-76(73-37-33-69(34-38-73)71-41-49-80(50-42-71)112-92-21-5-1-17-86(92)87-18-2-6-22-93(87)112)67-90(96)91-68-77(48-65-97(91)114)74-39-35-70(36-40-74)72-43-51-81(52-44-72)113-94-23-7-3-19-88(94)89-20-4-8-24-95(89)113/h1-68,109,117H. The molecular weight excluding hydrogens is 1510 g/mol. The zero-order valence-corrected chi connectivity index (χ0v) is 66.7. The van der Waals surface area contributed by atoms with Gasteiger partial charge in [0.05, 0.1) is 67.3 Å². The number of para-hydroxylation sites is 8. The highest BCUT2D eigenvalue weighted by Crippen LogP contribution is 2.54. The van der Waals surface area contributed by atoms with Crippen LogP contribution in [0.1, 0.15) is 5.56 Å². The van der Waals surface area contributed by atoms with E-state index < -0.39 is 0 Å². The fourth-order valence-electron chi connectivity index (χ4n) is 18.2. The molecule has 8 nitrogen and oxygen atoms in total. The van der Waals surface area contributed by atoms with Crippen molar-refractivity contribution in [3.8, 4) is 61.6 Å². The van der Waals surface area contributed by atoms with Crippen LogP contribution in [0.4, 0.5) is 45.5 Å². The van der Waals surface area contributed by atoms with Crippen molar-refractivity contribution in [2.24, 2.45) is 4.40 Å². The van der Waals surface area contributed by atoms with Crippen LogP contribution < -0.4 is 14.7 Å². The molecule has 2 aliphatic heterocycles. The largest absolute Gasteiger partial charge is 0.309 e. The van der Waals surface area contributed by atoms with E-state index in [0.29, 0.717) is 5.71 Å². The molecular formula is C108H70N8S3. The van der Waals surface area contributed by atoms with Crippen LogP contribution in [-0.2, 0) is 0 Å². The topological polar surface area (TPSA) is 60.7 Å². The Labute approximate surface area is 702 Å². The highest BCUT2D eigenvalue weighted by molar-refractivity contribution is 8.00. The Morgan fingerprint density at radius 2 is 0.521 bits per heavy atom. The third kappa shape index (κ3) is 11.8. The summed E-state index contributed by atoms with van der Waals surface area (Å²) in [7, 11) is 0. The monoisotopic (exact) mass is 1570 g/mol. The van der Waals surface area contributed by atoms with Crippen LogP contribution in [0.2, 0.25) is 0 Å². The van der Waals surface area contributed by atoms with Gasteiger partial charge < -0.3 is 28.4 Å². The number of aromatic nitrogens is 3. The Morgan fingerprint density at radius 1 is 0.252 bits per heavy atom. The first-order chi connectivity index (χ1) is 58.9. The van der Waals surface area contributed by atoms with E-state index in [1.165, 1.54) is 63.2 Å². The van der Waals surface area contributed by atoms with Gasteiger partial charge in [-0.3, -0.25) is 5.41 Å². The summed E-state index contributed by atoms with van der Waals surface area (Å²) >= 11 is 8.34. The molecule has 0 saturated carbocycles. The molecule has 1 N–H and O–H groups in total. The van der Waals surface area contributed by atoms with Crippen LogP contribution in [0.25, 0.3) is 133 Å². The lowest BCUT2D eigenvalue weighted by molar-refractivity contribution is 1.16. The van der Waals surface area contributed by atoms with E-state index in [4.69, 9.17) is 17.2 Å². The van der Waals surface area contributed by atoms with Crippen LogP contribution in [0, 0.1) is 5.41 Å². The molecule has 0 atom stereocenters. The lowest BCUT2D eigenvalue weighted by atomic mass is 9.91. The summed E-state index contributed by atoms with van der Waals surface area (Å²) in [6.07, 6.45) is 4.17. The van der Waals surface area contributed by atoms with Gasteiger partial charge in [-0.25, -0.2) is 4.40 Å².